The molecule has 0 saturated carbocycles. The third-order valence-electron chi connectivity index (χ3n) is 6.09. The number of nitro benzene ring substituents is 2. The first kappa shape index (κ1) is 29.5. The predicted molar refractivity (Wildman–Crippen MR) is 139 cm³/mol. The number of nitrogen functional groups attached to an aromatic ring is 1. The first-order chi connectivity index (χ1) is 19.9. The van der Waals surface area contributed by atoms with Crippen LogP contribution in [0.15, 0.2) is 30.9 Å². The molecular formula is C23H24N8O11. The second-order valence-corrected chi connectivity index (χ2v) is 8.98. The molecule has 1 aliphatic rings. The first-order valence-corrected chi connectivity index (χ1v) is 12.1. The van der Waals surface area contributed by atoms with Crippen molar-refractivity contribution in [2.24, 2.45) is 0 Å². The molecule has 2 aromatic heterocycles. The minimum Gasteiger partial charge on any atom is -0.463 e. The van der Waals surface area contributed by atoms with Crippen LogP contribution in [0.1, 0.15) is 27.0 Å². The van der Waals surface area contributed by atoms with E-state index in [4.69, 9.17) is 24.7 Å². The van der Waals surface area contributed by atoms with Crippen LogP contribution >= 0.6 is 0 Å². The molecule has 19 nitrogen and oxygen atoms in total. The van der Waals surface area contributed by atoms with Crippen molar-refractivity contribution in [3.8, 4) is 0 Å². The monoisotopic (exact) mass is 588 g/mol. The largest absolute Gasteiger partial charge is 0.463 e. The summed E-state index contributed by atoms with van der Waals surface area (Å²) in [6.07, 6.45) is -2.92. The number of rotatable bonds is 9. The average Bonchev–Trinajstić information content (AvgIpc) is 3.34. The van der Waals surface area contributed by atoms with Crippen molar-refractivity contribution < 1.29 is 43.2 Å². The number of nitrogens with one attached hydrogen (secondary N) is 1. The molecule has 19 heteroatoms. The highest BCUT2D eigenvalue weighted by atomic mass is 16.6. The van der Waals surface area contributed by atoms with Crippen molar-refractivity contribution in [3.63, 3.8) is 0 Å². The lowest BCUT2D eigenvalue weighted by Gasteiger charge is -2.45. The van der Waals surface area contributed by atoms with E-state index in [1.807, 2.05) is 0 Å². The molecule has 1 aromatic carbocycles. The lowest BCUT2D eigenvalue weighted by atomic mass is 9.94. The standard InChI is InChI=1S/C23H24N8O11/c1-10(32)39-7-16-19(40-11(2)33)20(41-12(3)34)17(28-14-5-4-13(30(35)36)6-15(14)31(37)38)23(42-16)29-9-27-18-21(24)25-8-26-22(18)29/h4-6,8-9,16-17,19-20,23,28H,7H2,1-3H3,(H2,24,25,26)/t16-,17-,19-,20+,23+/m0/s1. The van der Waals surface area contributed by atoms with Gasteiger partial charge in [0.15, 0.2) is 29.9 Å². The summed E-state index contributed by atoms with van der Waals surface area (Å²) in [6.45, 7) is 2.87. The summed E-state index contributed by atoms with van der Waals surface area (Å²) in [7, 11) is 0. The van der Waals surface area contributed by atoms with E-state index in [1.165, 1.54) is 10.9 Å². The quantitative estimate of drug-likeness (QED) is 0.153. The number of fused-ring (bicyclic) bond motifs is 1. The normalized spacial score (nSPS) is 21.7. The number of aromatic nitrogens is 4. The van der Waals surface area contributed by atoms with Gasteiger partial charge in [-0.05, 0) is 6.07 Å². The maximum Gasteiger partial charge on any atom is 0.303 e. The number of carbonyl (C=O) groups excluding carboxylic acids is 3. The maximum absolute atomic E-state index is 12.3. The number of hydrogen-bond acceptors (Lipinski definition) is 16. The van der Waals surface area contributed by atoms with Crippen LogP contribution in [0, 0.1) is 20.2 Å². The van der Waals surface area contributed by atoms with Crippen LogP contribution < -0.4 is 11.1 Å². The van der Waals surface area contributed by atoms with Crippen molar-refractivity contribution in [1.29, 1.82) is 0 Å². The van der Waals surface area contributed by atoms with Gasteiger partial charge in [-0.1, -0.05) is 0 Å². The van der Waals surface area contributed by atoms with Crippen LogP contribution in [-0.2, 0) is 33.3 Å². The number of nitrogens with zero attached hydrogens (tertiary/aromatic N) is 6. The van der Waals surface area contributed by atoms with Crippen LogP contribution in [0.25, 0.3) is 11.2 Å². The van der Waals surface area contributed by atoms with Gasteiger partial charge in [0, 0.05) is 26.8 Å². The Morgan fingerprint density at radius 2 is 1.71 bits per heavy atom. The first-order valence-electron chi connectivity index (χ1n) is 12.1. The van der Waals surface area contributed by atoms with Gasteiger partial charge < -0.3 is 30.0 Å². The molecule has 0 aliphatic carbocycles. The van der Waals surface area contributed by atoms with E-state index in [0.717, 1.165) is 45.3 Å². The fraction of sp³-hybridized carbons (Fsp3) is 0.391. The summed E-state index contributed by atoms with van der Waals surface area (Å²) in [5.41, 5.74) is 4.80. The van der Waals surface area contributed by atoms with Crippen molar-refractivity contribution in [2.45, 2.75) is 51.4 Å². The minimum absolute atomic E-state index is 0.0239. The molecular weight excluding hydrogens is 564 g/mol. The minimum atomic E-state index is -1.43. The number of carbonyl (C=O) groups is 3. The van der Waals surface area contributed by atoms with Gasteiger partial charge in [0.1, 0.15) is 36.3 Å². The molecule has 4 rings (SSSR count). The topological polar surface area (TPSA) is 256 Å². The number of benzene rings is 1. The number of anilines is 2. The Morgan fingerprint density at radius 3 is 2.33 bits per heavy atom. The summed E-state index contributed by atoms with van der Waals surface area (Å²) < 4.78 is 23.8. The Kier molecular flexibility index (Phi) is 8.41. The van der Waals surface area contributed by atoms with Crippen LogP contribution in [0.4, 0.5) is 22.9 Å². The Bertz CT molecular complexity index is 1560. The van der Waals surface area contributed by atoms with Gasteiger partial charge in [-0.3, -0.25) is 39.2 Å². The molecule has 1 aliphatic heterocycles. The van der Waals surface area contributed by atoms with Crippen molar-refractivity contribution in [3.05, 3.63) is 51.1 Å². The number of nitro groups is 2. The van der Waals surface area contributed by atoms with E-state index in [2.05, 4.69) is 20.3 Å². The van der Waals surface area contributed by atoms with E-state index in [9.17, 15) is 34.6 Å². The van der Waals surface area contributed by atoms with Crippen LogP contribution in [0.5, 0.6) is 0 Å². The van der Waals surface area contributed by atoms with Crippen LogP contribution in [-0.4, -0.2) is 78.2 Å². The van der Waals surface area contributed by atoms with E-state index < -0.39 is 76.3 Å². The Balaban J connectivity index is 1.91. The maximum atomic E-state index is 12.3. The highest BCUT2D eigenvalue weighted by Gasteiger charge is 2.52. The summed E-state index contributed by atoms with van der Waals surface area (Å²) in [4.78, 5) is 69.9. The highest BCUT2D eigenvalue weighted by molar-refractivity contribution is 5.81. The molecule has 0 unspecified atom stereocenters. The summed E-state index contributed by atoms with van der Waals surface area (Å²) >= 11 is 0. The molecule has 0 amide bonds. The second kappa shape index (κ2) is 12.0. The van der Waals surface area contributed by atoms with E-state index >= 15 is 0 Å². The highest BCUT2D eigenvalue weighted by Crippen LogP contribution is 2.38. The Hall–Kier alpha value is -5.46. The molecule has 0 bridgehead atoms. The van der Waals surface area contributed by atoms with Gasteiger partial charge in [-0.2, -0.15) is 0 Å². The van der Waals surface area contributed by atoms with Gasteiger partial charge >= 0.3 is 17.9 Å². The SMILES string of the molecule is CC(=O)OC[C@@H]1O[C@@H](n2cnc3c(N)ncnc32)[C@@H](Nc2ccc([N+](=O)[O-])cc2[N+](=O)[O-])[C@@H](OC(C)=O)[C@H]1OC(C)=O. The number of esters is 3. The lowest BCUT2D eigenvalue weighted by Crippen LogP contribution is -2.61. The van der Waals surface area contributed by atoms with Crippen molar-refractivity contribution in [1.82, 2.24) is 19.5 Å². The predicted octanol–water partition coefficient (Wildman–Crippen LogP) is 1.03. The molecule has 3 N–H and O–H groups in total. The zero-order valence-electron chi connectivity index (χ0n) is 22.2. The van der Waals surface area contributed by atoms with E-state index in [1.54, 1.807) is 0 Å². The number of ether oxygens (including phenoxy) is 4. The molecule has 42 heavy (non-hydrogen) atoms. The van der Waals surface area contributed by atoms with E-state index in [-0.39, 0.29) is 22.7 Å². The molecule has 1 fully saturated rings. The van der Waals surface area contributed by atoms with Gasteiger partial charge in [-0.25, -0.2) is 15.0 Å². The van der Waals surface area contributed by atoms with Crippen molar-refractivity contribution in [2.75, 3.05) is 17.7 Å². The van der Waals surface area contributed by atoms with Crippen LogP contribution in [0.3, 0.4) is 0 Å². The third-order valence-corrected chi connectivity index (χ3v) is 6.09. The second-order valence-electron chi connectivity index (χ2n) is 8.98. The fourth-order valence-corrected chi connectivity index (χ4v) is 4.45. The van der Waals surface area contributed by atoms with Crippen LogP contribution in [0.2, 0.25) is 0 Å². The summed E-state index contributed by atoms with van der Waals surface area (Å²) in [6, 6.07) is 1.56. The van der Waals surface area contributed by atoms with Gasteiger partial charge in [0.05, 0.1) is 22.2 Å². The van der Waals surface area contributed by atoms with Crippen molar-refractivity contribution >= 4 is 52.0 Å². The summed E-state index contributed by atoms with van der Waals surface area (Å²) in [5.74, 6) is -2.29. The van der Waals surface area contributed by atoms with Gasteiger partial charge in [0.2, 0.25) is 0 Å². The Morgan fingerprint density at radius 1 is 1.02 bits per heavy atom. The number of nitrogens with two attached hydrogens (primary N) is 1. The zero-order chi connectivity index (χ0) is 30.7. The van der Waals surface area contributed by atoms with Gasteiger partial charge in [-0.15, -0.1) is 0 Å². The number of non-ortho nitro benzene ring substituents is 1. The molecule has 0 spiro atoms. The fourth-order valence-electron chi connectivity index (χ4n) is 4.45. The Labute approximate surface area is 235 Å². The molecule has 1 saturated heterocycles. The molecule has 3 heterocycles. The average molecular weight is 588 g/mol. The molecule has 5 atom stereocenters. The third kappa shape index (κ3) is 6.14. The number of hydrogen-bond donors (Lipinski definition) is 2. The molecule has 0 radical (unpaired) electrons. The molecule has 222 valence electrons. The summed E-state index contributed by atoms with van der Waals surface area (Å²) in [5, 5.41) is 26.0. The smallest absolute Gasteiger partial charge is 0.303 e. The molecule has 3 aromatic rings. The van der Waals surface area contributed by atoms with E-state index in [0.29, 0.717) is 0 Å². The zero-order valence-corrected chi connectivity index (χ0v) is 22.2. The lowest BCUT2D eigenvalue weighted by molar-refractivity contribution is -0.393. The van der Waals surface area contributed by atoms with Gasteiger partial charge in [0.25, 0.3) is 11.4 Å². The number of imidazole rings is 1.